The first kappa shape index (κ1) is 17.4. The molecular formula is C16H15ClN4O3. The molecule has 0 bridgehead atoms. The summed E-state index contributed by atoms with van der Waals surface area (Å²) in [4.78, 5) is 24.2. The molecule has 2 aromatic carbocycles. The highest BCUT2D eigenvalue weighted by atomic mass is 35.5. The van der Waals surface area contributed by atoms with Gasteiger partial charge in [0.2, 0.25) is 0 Å². The van der Waals surface area contributed by atoms with Crippen LogP contribution in [0.4, 0.5) is 11.4 Å². The van der Waals surface area contributed by atoms with E-state index in [1.165, 1.54) is 24.4 Å². The number of benzene rings is 2. The average molecular weight is 347 g/mol. The fourth-order valence-corrected chi connectivity index (χ4v) is 2.21. The Morgan fingerprint density at radius 3 is 2.67 bits per heavy atom. The summed E-state index contributed by atoms with van der Waals surface area (Å²) in [6, 6.07) is 10.9. The Kier molecular flexibility index (Phi) is 5.49. The van der Waals surface area contributed by atoms with Crippen LogP contribution in [-0.2, 0) is 0 Å². The quantitative estimate of drug-likeness (QED) is 0.512. The summed E-state index contributed by atoms with van der Waals surface area (Å²) < 4.78 is 0. The average Bonchev–Trinajstić information content (AvgIpc) is 2.54. The van der Waals surface area contributed by atoms with Crippen molar-refractivity contribution in [3.05, 3.63) is 68.7 Å². The summed E-state index contributed by atoms with van der Waals surface area (Å²) in [6.07, 6.45) is 1.37. The number of non-ortho nitro benzene ring substituents is 1. The molecule has 0 aliphatic carbocycles. The number of hydrogen-bond acceptors (Lipinski definition) is 5. The Hall–Kier alpha value is -2.93. The first-order valence-electron chi connectivity index (χ1n) is 6.93. The van der Waals surface area contributed by atoms with Gasteiger partial charge in [0.25, 0.3) is 11.6 Å². The van der Waals surface area contributed by atoms with Crippen molar-refractivity contribution in [3.63, 3.8) is 0 Å². The van der Waals surface area contributed by atoms with Crippen LogP contribution < -0.4 is 10.3 Å². The molecule has 0 fully saturated rings. The first-order chi connectivity index (χ1) is 11.4. The molecule has 7 nitrogen and oxygen atoms in total. The minimum absolute atomic E-state index is 0.0526. The molecule has 0 aliphatic rings. The van der Waals surface area contributed by atoms with Crippen LogP contribution in [0.25, 0.3) is 0 Å². The zero-order valence-corrected chi connectivity index (χ0v) is 13.8. The fourth-order valence-electron chi connectivity index (χ4n) is 2.02. The third-order valence-corrected chi connectivity index (χ3v) is 3.40. The number of nitrogens with one attached hydrogen (secondary N) is 1. The number of nitro groups is 1. The Morgan fingerprint density at radius 2 is 2.04 bits per heavy atom. The van der Waals surface area contributed by atoms with Gasteiger partial charge in [0.05, 0.1) is 11.1 Å². The van der Waals surface area contributed by atoms with Crippen LogP contribution in [0.5, 0.6) is 0 Å². The van der Waals surface area contributed by atoms with E-state index in [1.807, 2.05) is 14.1 Å². The Balaban J connectivity index is 2.20. The zero-order chi connectivity index (χ0) is 17.7. The van der Waals surface area contributed by atoms with Gasteiger partial charge in [-0.25, -0.2) is 5.43 Å². The van der Waals surface area contributed by atoms with E-state index in [0.29, 0.717) is 16.1 Å². The molecule has 1 amide bonds. The normalized spacial score (nSPS) is 10.6. The van der Waals surface area contributed by atoms with Crippen molar-refractivity contribution in [2.75, 3.05) is 19.0 Å². The molecule has 0 aliphatic heterocycles. The number of carbonyl (C=O) groups excluding carboxylic acids is 1. The smallest absolute Gasteiger partial charge is 0.271 e. The summed E-state index contributed by atoms with van der Waals surface area (Å²) in [5, 5.41) is 15.2. The van der Waals surface area contributed by atoms with Crippen molar-refractivity contribution in [2.45, 2.75) is 0 Å². The maximum Gasteiger partial charge on any atom is 0.271 e. The van der Waals surface area contributed by atoms with Crippen LogP contribution in [0, 0.1) is 10.1 Å². The lowest BCUT2D eigenvalue weighted by atomic mass is 10.1. The molecule has 8 heteroatoms. The maximum absolute atomic E-state index is 12.0. The molecule has 2 aromatic rings. The van der Waals surface area contributed by atoms with Gasteiger partial charge >= 0.3 is 0 Å². The molecule has 2 rings (SSSR count). The van der Waals surface area contributed by atoms with Gasteiger partial charge in [-0.15, -0.1) is 0 Å². The van der Waals surface area contributed by atoms with Crippen LogP contribution in [0.1, 0.15) is 15.9 Å². The topological polar surface area (TPSA) is 87.8 Å². The number of hydrazone groups is 1. The number of carbonyl (C=O) groups is 1. The summed E-state index contributed by atoms with van der Waals surface area (Å²) in [5.74, 6) is -0.425. The zero-order valence-electron chi connectivity index (χ0n) is 13.1. The van der Waals surface area contributed by atoms with Gasteiger partial charge in [-0.1, -0.05) is 17.7 Å². The predicted octanol–water partition coefficient (Wildman–Crippen LogP) is 3.08. The van der Waals surface area contributed by atoms with Crippen LogP contribution in [0.2, 0.25) is 5.02 Å². The molecule has 0 saturated carbocycles. The number of hydrogen-bond donors (Lipinski definition) is 1. The highest BCUT2D eigenvalue weighted by Crippen LogP contribution is 2.22. The van der Waals surface area contributed by atoms with E-state index < -0.39 is 10.8 Å². The minimum atomic E-state index is -0.485. The van der Waals surface area contributed by atoms with E-state index in [-0.39, 0.29) is 5.69 Å². The van der Waals surface area contributed by atoms with E-state index >= 15 is 0 Å². The van der Waals surface area contributed by atoms with Crippen molar-refractivity contribution >= 4 is 35.1 Å². The van der Waals surface area contributed by atoms with E-state index in [0.717, 1.165) is 5.69 Å². The van der Waals surface area contributed by atoms with Crippen LogP contribution in [0.15, 0.2) is 47.6 Å². The van der Waals surface area contributed by atoms with Gasteiger partial charge in [-0.05, 0) is 24.3 Å². The summed E-state index contributed by atoms with van der Waals surface area (Å²) in [5.41, 5.74) is 3.94. The highest BCUT2D eigenvalue weighted by Gasteiger charge is 2.11. The van der Waals surface area contributed by atoms with Crippen LogP contribution >= 0.6 is 11.6 Å². The third kappa shape index (κ3) is 4.30. The van der Waals surface area contributed by atoms with Gasteiger partial charge in [-0.3, -0.25) is 14.9 Å². The van der Waals surface area contributed by atoms with Crippen molar-refractivity contribution < 1.29 is 9.72 Å². The van der Waals surface area contributed by atoms with Gasteiger partial charge in [0.15, 0.2) is 0 Å². The van der Waals surface area contributed by atoms with E-state index in [4.69, 9.17) is 11.6 Å². The van der Waals surface area contributed by atoms with Crippen molar-refractivity contribution in [1.29, 1.82) is 0 Å². The summed E-state index contributed by atoms with van der Waals surface area (Å²) in [6.45, 7) is 0. The number of amides is 1. The standard InChI is InChI=1S/C16H15ClN4O3/c1-20(2)15-7-6-14(21(23)24)9-12(15)10-18-19-16(22)11-4-3-5-13(17)8-11/h3-10H,1-2H3,(H,19,22)/b18-10-. The molecule has 0 atom stereocenters. The van der Waals surface area contributed by atoms with Gasteiger partial charge in [0, 0.05) is 48.1 Å². The lowest BCUT2D eigenvalue weighted by Crippen LogP contribution is -2.18. The molecule has 124 valence electrons. The molecule has 0 radical (unpaired) electrons. The monoisotopic (exact) mass is 346 g/mol. The van der Waals surface area contributed by atoms with Gasteiger partial charge < -0.3 is 4.90 Å². The predicted molar refractivity (Wildman–Crippen MR) is 93.9 cm³/mol. The molecular weight excluding hydrogens is 332 g/mol. The maximum atomic E-state index is 12.0. The second-order valence-corrected chi connectivity index (χ2v) is 5.54. The summed E-state index contributed by atoms with van der Waals surface area (Å²) >= 11 is 5.83. The second-order valence-electron chi connectivity index (χ2n) is 5.10. The number of rotatable bonds is 5. The molecule has 0 unspecified atom stereocenters. The second kappa shape index (κ2) is 7.56. The molecule has 0 spiro atoms. The van der Waals surface area contributed by atoms with Crippen molar-refractivity contribution in [3.8, 4) is 0 Å². The molecule has 1 N–H and O–H groups in total. The number of halogens is 1. The fraction of sp³-hybridized carbons (Fsp3) is 0.125. The lowest BCUT2D eigenvalue weighted by Gasteiger charge is -2.14. The minimum Gasteiger partial charge on any atom is -0.377 e. The van der Waals surface area contributed by atoms with Gasteiger partial charge in [-0.2, -0.15) is 5.10 Å². The molecule has 0 saturated heterocycles. The van der Waals surface area contributed by atoms with Crippen molar-refractivity contribution in [2.24, 2.45) is 5.10 Å². The first-order valence-corrected chi connectivity index (χ1v) is 7.31. The lowest BCUT2D eigenvalue weighted by molar-refractivity contribution is -0.384. The third-order valence-electron chi connectivity index (χ3n) is 3.16. The molecule has 0 heterocycles. The Morgan fingerprint density at radius 1 is 1.29 bits per heavy atom. The van der Waals surface area contributed by atoms with Crippen molar-refractivity contribution in [1.82, 2.24) is 5.43 Å². The molecule has 0 aromatic heterocycles. The number of anilines is 1. The largest absolute Gasteiger partial charge is 0.377 e. The summed E-state index contributed by atoms with van der Waals surface area (Å²) in [7, 11) is 3.62. The van der Waals surface area contributed by atoms with Crippen LogP contribution in [-0.4, -0.2) is 31.1 Å². The van der Waals surface area contributed by atoms with E-state index in [9.17, 15) is 14.9 Å². The SMILES string of the molecule is CN(C)c1ccc([N+](=O)[O-])cc1/C=N\NC(=O)c1cccc(Cl)c1. The van der Waals surface area contributed by atoms with E-state index in [2.05, 4.69) is 10.5 Å². The van der Waals surface area contributed by atoms with E-state index in [1.54, 1.807) is 29.2 Å². The number of nitro benzene ring substituents is 1. The highest BCUT2D eigenvalue weighted by molar-refractivity contribution is 6.30. The van der Waals surface area contributed by atoms with Crippen LogP contribution in [0.3, 0.4) is 0 Å². The molecule has 24 heavy (non-hydrogen) atoms. The van der Waals surface area contributed by atoms with Gasteiger partial charge in [0.1, 0.15) is 0 Å². The number of nitrogens with zero attached hydrogens (tertiary/aromatic N) is 3. The Bertz CT molecular complexity index is 806. The Labute approximate surface area is 143 Å².